The highest BCUT2D eigenvalue weighted by atomic mass is 15.2. The summed E-state index contributed by atoms with van der Waals surface area (Å²) in [7, 11) is 0. The molecule has 0 atom stereocenters. The Hall–Kier alpha value is -7.31. The molecule has 0 bridgehead atoms. The van der Waals surface area contributed by atoms with E-state index in [0.717, 1.165) is 66.2 Å². The van der Waals surface area contributed by atoms with Crippen LogP contribution < -0.4 is 0 Å². The van der Waals surface area contributed by atoms with E-state index in [-0.39, 0.29) is 0 Å². The van der Waals surface area contributed by atoms with Gasteiger partial charge in [0.1, 0.15) is 0 Å². The molecule has 0 fully saturated rings. The fraction of sp³-hybridized carbons (Fsp3) is 0. The summed E-state index contributed by atoms with van der Waals surface area (Å²) >= 11 is 0. The maximum atomic E-state index is 5.27. The quantitative estimate of drug-likeness (QED) is 0.182. The molecule has 11 aromatic rings. The predicted molar refractivity (Wildman–Crippen MR) is 216 cm³/mol. The van der Waals surface area contributed by atoms with Gasteiger partial charge in [0.15, 0.2) is 11.6 Å². The van der Waals surface area contributed by atoms with Gasteiger partial charge in [0.2, 0.25) is 5.95 Å². The molecule has 0 amide bonds. The normalized spacial score (nSPS) is 11.8. The Labute approximate surface area is 304 Å². The number of para-hydroxylation sites is 3. The van der Waals surface area contributed by atoms with Crippen LogP contribution in [0.4, 0.5) is 0 Å². The lowest BCUT2D eigenvalue weighted by Gasteiger charge is -2.12. The van der Waals surface area contributed by atoms with E-state index in [1.165, 1.54) is 10.8 Å². The summed E-state index contributed by atoms with van der Waals surface area (Å²) < 4.78 is 6.89. The molecule has 6 nitrogen and oxygen atoms in total. The number of aromatic nitrogens is 6. The monoisotopic (exact) mass is 678 g/mol. The van der Waals surface area contributed by atoms with Gasteiger partial charge in [-0.1, -0.05) is 121 Å². The van der Waals surface area contributed by atoms with Gasteiger partial charge < -0.3 is 9.13 Å². The highest BCUT2D eigenvalue weighted by molar-refractivity contribution is 6.23. The Morgan fingerprint density at radius 2 is 0.887 bits per heavy atom. The fourth-order valence-electron chi connectivity index (χ4n) is 7.96. The number of rotatable bonds is 5. The molecule has 11 rings (SSSR count). The minimum Gasteiger partial charge on any atom is -0.316 e. The fourth-order valence-corrected chi connectivity index (χ4v) is 7.96. The molecule has 6 heteroatoms. The van der Waals surface area contributed by atoms with Crippen molar-refractivity contribution in [3.05, 3.63) is 182 Å². The minimum absolute atomic E-state index is 0.573. The molecule has 0 radical (unpaired) electrons. The predicted octanol–water partition coefficient (Wildman–Crippen LogP) is 11.3. The smallest absolute Gasteiger partial charge is 0.238 e. The van der Waals surface area contributed by atoms with Crippen molar-refractivity contribution in [1.82, 2.24) is 28.7 Å². The van der Waals surface area contributed by atoms with Gasteiger partial charge in [-0.05, 0) is 54.6 Å². The molecule has 4 heterocycles. The van der Waals surface area contributed by atoms with Crippen molar-refractivity contribution in [2.75, 3.05) is 0 Å². The minimum atomic E-state index is 0.573. The molecule has 0 saturated heterocycles. The van der Waals surface area contributed by atoms with Crippen molar-refractivity contribution in [2.24, 2.45) is 0 Å². The van der Waals surface area contributed by atoms with Gasteiger partial charge >= 0.3 is 0 Å². The van der Waals surface area contributed by atoms with Gasteiger partial charge in [0.05, 0.1) is 27.6 Å². The Kier molecular flexibility index (Phi) is 6.45. The molecule has 0 spiro atoms. The molecule has 0 aliphatic rings. The van der Waals surface area contributed by atoms with E-state index < -0.39 is 0 Å². The van der Waals surface area contributed by atoms with Crippen LogP contribution in [0.15, 0.2) is 182 Å². The molecule has 7 aromatic carbocycles. The molecular formula is C47H30N6. The molecule has 0 unspecified atom stereocenters. The van der Waals surface area contributed by atoms with Crippen LogP contribution in [-0.4, -0.2) is 28.7 Å². The van der Waals surface area contributed by atoms with Crippen LogP contribution in [0.5, 0.6) is 0 Å². The van der Waals surface area contributed by atoms with Crippen LogP contribution in [0.25, 0.3) is 94.6 Å². The highest BCUT2D eigenvalue weighted by Gasteiger charge is 2.23. The molecule has 0 N–H and O–H groups in total. The third-order valence-electron chi connectivity index (χ3n) is 10.3. The van der Waals surface area contributed by atoms with E-state index in [2.05, 4.69) is 159 Å². The second-order valence-corrected chi connectivity index (χ2v) is 13.3. The first kappa shape index (κ1) is 29.4. The number of fused-ring (bicyclic) bond motifs is 8. The number of hydrogen-bond acceptors (Lipinski definition) is 3. The third kappa shape index (κ3) is 4.56. The van der Waals surface area contributed by atoms with Crippen LogP contribution in [0.3, 0.4) is 0 Å². The van der Waals surface area contributed by atoms with Crippen molar-refractivity contribution < 1.29 is 0 Å². The molecular weight excluding hydrogens is 649 g/mol. The molecule has 53 heavy (non-hydrogen) atoms. The summed E-state index contributed by atoms with van der Waals surface area (Å²) in [6, 6.07) is 61.5. The van der Waals surface area contributed by atoms with E-state index in [1.807, 2.05) is 36.4 Å². The summed E-state index contributed by atoms with van der Waals surface area (Å²) in [6.45, 7) is 0. The lowest BCUT2D eigenvalue weighted by atomic mass is 10.1. The lowest BCUT2D eigenvalue weighted by Crippen LogP contribution is -2.06. The van der Waals surface area contributed by atoms with Gasteiger partial charge in [0.25, 0.3) is 0 Å². The van der Waals surface area contributed by atoms with Crippen molar-refractivity contribution in [3.63, 3.8) is 0 Å². The van der Waals surface area contributed by atoms with Crippen molar-refractivity contribution in [1.29, 1.82) is 0 Å². The van der Waals surface area contributed by atoms with Crippen LogP contribution in [-0.2, 0) is 0 Å². The van der Waals surface area contributed by atoms with Gasteiger partial charge in [-0.2, -0.15) is 9.97 Å². The maximum Gasteiger partial charge on any atom is 0.238 e. The third-order valence-corrected chi connectivity index (χ3v) is 10.3. The summed E-state index contributed by atoms with van der Waals surface area (Å²) in [5.41, 5.74) is 9.61. The Morgan fingerprint density at radius 1 is 0.340 bits per heavy atom. The number of hydrogen-bond donors (Lipinski definition) is 0. The second-order valence-electron chi connectivity index (χ2n) is 13.3. The summed E-state index contributed by atoms with van der Waals surface area (Å²) in [4.78, 5) is 15.6. The van der Waals surface area contributed by atoms with E-state index in [4.69, 9.17) is 15.0 Å². The zero-order valence-corrected chi connectivity index (χ0v) is 28.5. The first-order chi connectivity index (χ1) is 26.3. The molecule has 0 aliphatic heterocycles. The molecule has 0 saturated carbocycles. The van der Waals surface area contributed by atoms with E-state index in [9.17, 15) is 0 Å². The van der Waals surface area contributed by atoms with Gasteiger partial charge in [0, 0.05) is 55.6 Å². The zero-order valence-electron chi connectivity index (χ0n) is 28.5. The first-order valence-corrected chi connectivity index (χ1v) is 17.8. The molecule has 248 valence electrons. The Bertz CT molecular complexity index is 3080. The van der Waals surface area contributed by atoms with Gasteiger partial charge in [-0.3, -0.25) is 4.57 Å². The van der Waals surface area contributed by atoms with Crippen LogP contribution in [0, 0.1) is 0 Å². The number of benzene rings is 7. The molecule has 4 aromatic heterocycles. The van der Waals surface area contributed by atoms with Crippen molar-refractivity contribution >= 4 is 54.5 Å². The first-order valence-electron chi connectivity index (χ1n) is 17.8. The second kappa shape index (κ2) is 11.6. The lowest BCUT2D eigenvalue weighted by molar-refractivity contribution is 0.955. The SMILES string of the molecule is c1ccc(-c2nc(-c3ccccc3)nc(-n3c4cc5c6ccccc6n(-c6ccccc6)c5cc4c4ccc5c(ccn5-c5ccccc5)c43)n2)cc1. The standard InChI is InChI=1S/C47H30N6/c1-5-15-31(16-6-1)45-48-46(32-17-7-2-8-18-32)50-47(49-45)53-43-29-38-35-23-13-14-24-41(35)52(34-21-11-4-12-22-34)42(38)30-39(43)36-25-26-40-37(44(36)53)27-28-51(40)33-19-9-3-10-20-33/h1-30H. The van der Waals surface area contributed by atoms with Gasteiger partial charge in [-0.25, -0.2) is 4.98 Å². The van der Waals surface area contributed by atoms with Crippen molar-refractivity contribution in [3.8, 4) is 40.1 Å². The van der Waals surface area contributed by atoms with Gasteiger partial charge in [-0.15, -0.1) is 0 Å². The van der Waals surface area contributed by atoms with Crippen molar-refractivity contribution in [2.45, 2.75) is 0 Å². The van der Waals surface area contributed by atoms with E-state index >= 15 is 0 Å². The van der Waals surface area contributed by atoms with Crippen LogP contribution in [0.2, 0.25) is 0 Å². The Balaban J connectivity index is 1.30. The van der Waals surface area contributed by atoms with E-state index in [0.29, 0.717) is 17.6 Å². The largest absolute Gasteiger partial charge is 0.316 e. The summed E-state index contributed by atoms with van der Waals surface area (Å²) in [5.74, 6) is 1.82. The zero-order chi connectivity index (χ0) is 34.9. The maximum absolute atomic E-state index is 5.27. The van der Waals surface area contributed by atoms with Crippen LogP contribution >= 0.6 is 0 Å². The molecule has 0 aliphatic carbocycles. The average molecular weight is 679 g/mol. The summed E-state index contributed by atoms with van der Waals surface area (Å²) in [6.07, 6.45) is 2.16. The Morgan fingerprint density at radius 3 is 1.55 bits per heavy atom. The average Bonchev–Trinajstić information content (AvgIpc) is 3.91. The topological polar surface area (TPSA) is 53.5 Å². The number of nitrogens with zero attached hydrogens (tertiary/aromatic N) is 6. The summed E-state index contributed by atoms with van der Waals surface area (Å²) in [5, 5.41) is 5.74. The highest BCUT2D eigenvalue weighted by Crippen LogP contribution is 2.42. The van der Waals surface area contributed by atoms with Crippen LogP contribution in [0.1, 0.15) is 0 Å². The van der Waals surface area contributed by atoms with E-state index in [1.54, 1.807) is 0 Å².